The molecular weight excluding hydrogens is 417 g/mol. The number of carbonyl (C=O) groups is 1. The molecule has 0 aliphatic rings. The lowest BCUT2D eigenvalue weighted by molar-refractivity contribution is -0.0528. The van der Waals surface area contributed by atoms with Gasteiger partial charge in [-0.2, -0.15) is 13.2 Å². The molecule has 0 atom stereocenters. The summed E-state index contributed by atoms with van der Waals surface area (Å²) in [6.07, 6.45) is 5.21. The average molecular weight is 434 g/mol. The molecule has 0 unspecified atom stereocenters. The smallest absolute Gasteiger partial charge is 0.388 e. The number of aromatic nitrogens is 4. The van der Waals surface area contributed by atoms with Gasteiger partial charge in [0.15, 0.2) is 0 Å². The van der Waals surface area contributed by atoms with E-state index >= 15 is 0 Å². The number of halogens is 3. The van der Waals surface area contributed by atoms with Crippen LogP contribution in [0.3, 0.4) is 0 Å². The first kappa shape index (κ1) is 21.9. The second-order valence-electron chi connectivity index (χ2n) is 6.31. The molecule has 1 N–H and O–H groups in total. The van der Waals surface area contributed by atoms with Crippen molar-refractivity contribution in [3.63, 3.8) is 0 Å². The molecule has 0 aliphatic carbocycles. The second-order valence-corrected chi connectivity index (χ2v) is 6.31. The van der Waals surface area contributed by atoms with Crippen LogP contribution >= 0.6 is 0 Å². The molecule has 1 amide bonds. The number of amides is 1. The summed E-state index contributed by atoms with van der Waals surface area (Å²) in [6.45, 7) is -3.24. The van der Waals surface area contributed by atoms with Crippen molar-refractivity contribution in [3.05, 3.63) is 60.2 Å². The van der Waals surface area contributed by atoms with Crippen LogP contribution in [-0.4, -0.2) is 46.5 Å². The van der Waals surface area contributed by atoms with Crippen LogP contribution < -0.4 is 15.1 Å². The van der Waals surface area contributed by atoms with Crippen molar-refractivity contribution in [2.75, 3.05) is 19.0 Å². The summed E-state index contributed by atoms with van der Waals surface area (Å²) in [4.78, 5) is 34.6. The summed E-state index contributed by atoms with van der Waals surface area (Å²) >= 11 is 0. The highest BCUT2D eigenvalue weighted by Crippen LogP contribution is 2.19. The lowest BCUT2D eigenvalue weighted by Gasteiger charge is -2.13. The summed E-state index contributed by atoms with van der Waals surface area (Å²) in [5.41, 5.74) is 3.62. The van der Waals surface area contributed by atoms with Gasteiger partial charge in [-0.05, 0) is 12.1 Å². The zero-order valence-electron chi connectivity index (χ0n) is 16.4. The maximum Gasteiger partial charge on any atom is 0.388 e. The Kier molecular flexibility index (Phi) is 6.92. The molecule has 3 aromatic heterocycles. The highest BCUT2D eigenvalue weighted by Gasteiger charge is 2.13. The third kappa shape index (κ3) is 5.85. The van der Waals surface area contributed by atoms with E-state index in [9.17, 15) is 18.0 Å². The van der Waals surface area contributed by atoms with Gasteiger partial charge in [0.2, 0.25) is 11.8 Å². The molecule has 0 bridgehead atoms. The molecule has 0 spiro atoms. The number of rotatable bonds is 8. The van der Waals surface area contributed by atoms with Crippen molar-refractivity contribution in [1.29, 1.82) is 0 Å². The molecule has 0 aromatic carbocycles. The molecule has 0 radical (unpaired) electrons. The second kappa shape index (κ2) is 9.80. The molecule has 162 valence electrons. The maximum absolute atomic E-state index is 13.8. The topological polar surface area (TPSA) is 102 Å². The quantitative estimate of drug-likeness (QED) is 0.426. The van der Waals surface area contributed by atoms with Gasteiger partial charge in [-0.3, -0.25) is 14.6 Å². The Labute approximate surface area is 174 Å². The molecular formula is C19H17F3N6O3. The van der Waals surface area contributed by atoms with Crippen LogP contribution in [0.5, 0.6) is 5.88 Å². The first-order chi connectivity index (χ1) is 14.8. The minimum absolute atomic E-state index is 0.0777. The fraction of sp³-hybridized carbons (Fsp3) is 0.211. The molecule has 3 heterocycles. The third-order valence-corrected chi connectivity index (χ3v) is 3.92. The van der Waals surface area contributed by atoms with Gasteiger partial charge in [-0.25, -0.2) is 20.4 Å². The van der Waals surface area contributed by atoms with E-state index in [1.165, 1.54) is 36.9 Å². The number of nitrogens with zero attached hydrogens (tertiary/aromatic N) is 5. The molecule has 0 fully saturated rings. The number of alkyl halides is 2. The predicted molar refractivity (Wildman–Crippen MR) is 103 cm³/mol. The van der Waals surface area contributed by atoms with Gasteiger partial charge in [-0.15, -0.1) is 0 Å². The van der Waals surface area contributed by atoms with Crippen molar-refractivity contribution in [3.8, 4) is 17.1 Å². The van der Waals surface area contributed by atoms with E-state index in [1.54, 1.807) is 25.1 Å². The van der Waals surface area contributed by atoms with E-state index in [1.807, 2.05) is 0 Å². The highest BCUT2D eigenvalue weighted by molar-refractivity contribution is 5.91. The Morgan fingerprint density at radius 1 is 1.16 bits per heavy atom. The van der Waals surface area contributed by atoms with E-state index in [-0.39, 0.29) is 29.4 Å². The Balaban J connectivity index is 1.63. The van der Waals surface area contributed by atoms with Crippen molar-refractivity contribution in [2.45, 2.75) is 13.2 Å². The highest BCUT2D eigenvalue weighted by atomic mass is 19.3. The summed E-state index contributed by atoms with van der Waals surface area (Å²) in [6, 6.07) is 4.23. The number of anilines is 1. The Bertz CT molecular complexity index is 1050. The number of hydroxylamine groups is 1. The van der Waals surface area contributed by atoms with Crippen molar-refractivity contribution in [2.24, 2.45) is 0 Å². The molecule has 3 rings (SSSR count). The Morgan fingerprint density at radius 3 is 2.65 bits per heavy atom. The van der Waals surface area contributed by atoms with Crippen LogP contribution in [0.15, 0.2) is 43.0 Å². The van der Waals surface area contributed by atoms with Gasteiger partial charge in [0.05, 0.1) is 30.0 Å². The van der Waals surface area contributed by atoms with Crippen molar-refractivity contribution < 1.29 is 27.5 Å². The van der Waals surface area contributed by atoms with Gasteiger partial charge in [-0.1, -0.05) is 0 Å². The molecule has 9 nitrogen and oxygen atoms in total. The van der Waals surface area contributed by atoms with E-state index in [0.717, 1.165) is 0 Å². The van der Waals surface area contributed by atoms with Gasteiger partial charge in [0.1, 0.15) is 12.3 Å². The van der Waals surface area contributed by atoms with E-state index in [0.29, 0.717) is 11.3 Å². The number of ether oxygens (including phenoxy) is 1. The van der Waals surface area contributed by atoms with Crippen LogP contribution in [0.2, 0.25) is 0 Å². The van der Waals surface area contributed by atoms with Crippen LogP contribution in [0.1, 0.15) is 16.1 Å². The van der Waals surface area contributed by atoms with Crippen LogP contribution in [-0.2, 0) is 11.4 Å². The average Bonchev–Trinajstić information content (AvgIpc) is 2.75. The fourth-order valence-corrected chi connectivity index (χ4v) is 2.37. The number of carbonyl (C=O) groups excluding carboxylic acids is 1. The number of nitrogens with one attached hydrogen (secondary N) is 1. The van der Waals surface area contributed by atoms with Crippen LogP contribution in [0.4, 0.5) is 18.9 Å². The van der Waals surface area contributed by atoms with E-state index in [4.69, 9.17) is 4.84 Å². The van der Waals surface area contributed by atoms with Gasteiger partial charge in [0, 0.05) is 37.5 Å². The van der Waals surface area contributed by atoms with Gasteiger partial charge < -0.3 is 9.64 Å². The summed E-state index contributed by atoms with van der Waals surface area (Å²) in [5, 5.41) is 0. The zero-order valence-corrected chi connectivity index (χ0v) is 16.4. The summed E-state index contributed by atoms with van der Waals surface area (Å²) < 4.78 is 42.4. The van der Waals surface area contributed by atoms with Gasteiger partial charge in [0.25, 0.3) is 5.91 Å². The number of pyridine rings is 2. The predicted octanol–water partition coefficient (Wildman–Crippen LogP) is 2.60. The molecule has 0 saturated heterocycles. The maximum atomic E-state index is 13.8. The first-order valence-corrected chi connectivity index (χ1v) is 8.80. The van der Waals surface area contributed by atoms with Crippen molar-refractivity contribution in [1.82, 2.24) is 25.4 Å². The standard InChI is InChI=1S/C19H17F3N6O3/c1-28(2)13-5-12(17(20)25-7-13)10-30-27-18(29)15-9-23-8-14(26-15)11-3-4-16(24-6-11)31-19(21)22/h3-9,19H,10H2,1-2H3,(H,27,29). The summed E-state index contributed by atoms with van der Waals surface area (Å²) in [7, 11) is 3.56. The molecule has 3 aromatic rings. The normalized spacial score (nSPS) is 10.8. The van der Waals surface area contributed by atoms with Crippen LogP contribution in [0, 0.1) is 5.95 Å². The molecule has 0 aliphatic heterocycles. The number of hydrogen-bond donors (Lipinski definition) is 1. The molecule has 31 heavy (non-hydrogen) atoms. The third-order valence-electron chi connectivity index (χ3n) is 3.92. The molecule has 0 saturated carbocycles. The lowest BCUT2D eigenvalue weighted by atomic mass is 10.2. The molecule has 12 heteroatoms. The van der Waals surface area contributed by atoms with E-state index < -0.39 is 18.5 Å². The largest absolute Gasteiger partial charge is 0.417 e. The monoisotopic (exact) mass is 434 g/mol. The summed E-state index contributed by atoms with van der Waals surface area (Å²) in [5.74, 6) is -1.68. The van der Waals surface area contributed by atoms with Crippen LogP contribution in [0.25, 0.3) is 11.3 Å². The SMILES string of the molecule is CN(C)c1cnc(F)c(CONC(=O)c2cncc(-c3ccc(OC(F)F)nc3)n2)c1. The van der Waals surface area contributed by atoms with Crippen molar-refractivity contribution >= 4 is 11.6 Å². The number of hydrogen-bond acceptors (Lipinski definition) is 8. The zero-order chi connectivity index (χ0) is 22.4. The Hall–Kier alpha value is -3.80. The minimum Gasteiger partial charge on any atom is -0.417 e. The lowest BCUT2D eigenvalue weighted by Crippen LogP contribution is -2.25. The van der Waals surface area contributed by atoms with E-state index in [2.05, 4.69) is 30.2 Å². The minimum atomic E-state index is -2.99. The van der Waals surface area contributed by atoms with Gasteiger partial charge >= 0.3 is 6.61 Å². The fourth-order valence-electron chi connectivity index (χ4n) is 2.37. The first-order valence-electron chi connectivity index (χ1n) is 8.80. The Morgan fingerprint density at radius 2 is 1.97 bits per heavy atom.